The van der Waals surface area contributed by atoms with Gasteiger partial charge in [-0.25, -0.2) is 0 Å². The number of hydrogen-bond acceptors (Lipinski definition) is 4. The number of furan rings is 1. The number of halogens is 1. The van der Waals surface area contributed by atoms with E-state index in [1.165, 1.54) is 0 Å². The maximum atomic E-state index is 6.28. The van der Waals surface area contributed by atoms with Gasteiger partial charge in [0, 0.05) is 13.0 Å². The van der Waals surface area contributed by atoms with Crippen molar-refractivity contribution in [3.63, 3.8) is 0 Å². The summed E-state index contributed by atoms with van der Waals surface area (Å²) in [6.07, 6.45) is 2.48. The lowest BCUT2D eigenvalue weighted by Crippen LogP contribution is -2.23. The van der Waals surface area contributed by atoms with Crippen LogP contribution < -0.4 is 5.73 Å². The standard InChI is InChI=1S/C14H21ClN4O/c1-4-10-5-6-12(20-10)13(16)14-11(15)9-17-19(14)8-7-18(2)3/h5-6,9,13H,4,7-8,16H2,1-3H3. The molecule has 1 atom stereocenters. The Hall–Kier alpha value is -1.30. The minimum Gasteiger partial charge on any atom is -0.464 e. The molecule has 20 heavy (non-hydrogen) atoms. The van der Waals surface area contributed by atoms with E-state index in [0.29, 0.717) is 5.02 Å². The molecule has 110 valence electrons. The normalized spacial score (nSPS) is 13.1. The molecule has 0 aromatic carbocycles. The zero-order valence-corrected chi connectivity index (χ0v) is 12.9. The molecule has 0 saturated carbocycles. The van der Waals surface area contributed by atoms with E-state index < -0.39 is 6.04 Å². The van der Waals surface area contributed by atoms with Crippen molar-refractivity contribution < 1.29 is 4.42 Å². The molecule has 6 heteroatoms. The first-order valence-corrected chi connectivity index (χ1v) is 7.10. The van der Waals surface area contributed by atoms with Gasteiger partial charge in [0.05, 0.1) is 23.5 Å². The van der Waals surface area contributed by atoms with Gasteiger partial charge < -0.3 is 15.1 Å². The van der Waals surface area contributed by atoms with Crippen LogP contribution in [0.3, 0.4) is 0 Å². The lowest BCUT2D eigenvalue weighted by atomic mass is 10.1. The van der Waals surface area contributed by atoms with E-state index in [-0.39, 0.29) is 0 Å². The van der Waals surface area contributed by atoms with Gasteiger partial charge in [-0.1, -0.05) is 18.5 Å². The quantitative estimate of drug-likeness (QED) is 0.888. The smallest absolute Gasteiger partial charge is 0.127 e. The third kappa shape index (κ3) is 3.23. The number of hydrogen-bond donors (Lipinski definition) is 1. The van der Waals surface area contributed by atoms with Crippen LogP contribution in [0.2, 0.25) is 5.02 Å². The largest absolute Gasteiger partial charge is 0.464 e. The van der Waals surface area contributed by atoms with Crippen LogP contribution in [0.25, 0.3) is 0 Å². The second-order valence-corrected chi connectivity index (χ2v) is 5.45. The van der Waals surface area contributed by atoms with Crippen LogP contribution in [-0.2, 0) is 13.0 Å². The van der Waals surface area contributed by atoms with Crippen LogP contribution >= 0.6 is 11.6 Å². The van der Waals surface area contributed by atoms with Gasteiger partial charge >= 0.3 is 0 Å². The molecule has 2 heterocycles. The molecule has 0 aliphatic carbocycles. The Morgan fingerprint density at radius 3 is 2.80 bits per heavy atom. The monoisotopic (exact) mass is 296 g/mol. The molecular formula is C14H21ClN4O. The Bertz CT molecular complexity index is 561. The molecule has 1 unspecified atom stereocenters. The third-order valence-corrected chi connectivity index (χ3v) is 3.52. The summed E-state index contributed by atoms with van der Waals surface area (Å²) in [6.45, 7) is 3.66. The van der Waals surface area contributed by atoms with Gasteiger partial charge in [-0.15, -0.1) is 0 Å². The minimum atomic E-state index is -0.396. The fourth-order valence-electron chi connectivity index (χ4n) is 2.04. The molecule has 0 bridgehead atoms. The zero-order valence-electron chi connectivity index (χ0n) is 12.1. The molecule has 2 aromatic heterocycles. The van der Waals surface area contributed by atoms with Crippen LogP contribution in [0.5, 0.6) is 0 Å². The summed E-state index contributed by atoms with van der Waals surface area (Å²) in [5.41, 5.74) is 7.08. The highest BCUT2D eigenvalue weighted by Gasteiger charge is 2.21. The average Bonchev–Trinajstić information content (AvgIpc) is 3.02. The van der Waals surface area contributed by atoms with Gasteiger partial charge in [0.15, 0.2) is 0 Å². The van der Waals surface area contributed by atoms with Crippen molar-refractivity contribution in [3.05, 3.63) is 40.6 Å². The van der Waals surface area contributed by atoms with E-state index in [0.717, 1.165) is 36.7 Å². The average molecular weight is 297 g/mol. The number of aromatic nitrogens is 2. The fraction of sp³-hybridized carbons (Fsp3) is 0.500. The van der Waals surface area contributed by atoms with Crippen molar-refractivity contribution >= 4 is 11.6 Å². The predicted octanol–water partition coefficient (Wildman–Crippen LogP) is 2.30. The van der Waals surface area contributed by atoms with Gasteiger partial charge in [-0.2, -0.15) is 5.10 Å². The molecule has 0 saturated heterocycles. The molecule has 2 N–H and O–H groups in total. The summed E-state index contributed by atoms with van der Waals surface area (Å²) in [5, 5.41) is 4.87. The third-order valence-electron chi connectivity index (χ3n) is 3.22. The second-order valence-electron chi connectivity index (χ2n) is 5.04. The summed E-state index contributed by atoms with van der Waals surface area (Å²) >= 11 is 6.23. The first kappa shape index (κ1) is 15.1. The first-order chi connectivity index (χ1) is 9.52. The highest BCUT2D eigenvalue weighted by molar-refractivity contribution is 6.31. The van der Waals surface area contributed by atoms with Crippen molar-refractivity contribution in [2.75, 3.05) is 20.6 Å². The maximum absolute atomic E-state index is 6.28. The summed E-state index contributed by atoms with van der Waals surface area (Å²) in [5.74, 6) is 1.64. The number of aryl methyl sites for hydroxylation is 1. The highest BCUT2D eigenvalue weighted by Crippen LogP contribution is 2.27. The van der Waals surface area contributed by atoms with Gasteiger partial charge in [0.25, 0.3) is 0 Å². The van der Waals surface area contributed by atoms with Gasteiger partial charge in [0.1, 0.15) is 17.6 Å². The molecular weight excluding hydrogens is 276 g/mol. The Kier molecular flexibility index (Phi) is 4.86. The number of nitrogens with two attached hydrogens (primary N) is 1. The Labute approximate surface area is 124 Å². The van der Waals surface area contributed by atoms with Crippen molar-refractivity contribution in [1.82, 2.24) is 14.7 Å². The Morgan fingerprint density at radius 2 is 2.20 bits per heavy atom. The minimum absolute atomic E-state index is 0.396. The van der Waals surface area contributed by atoms with E-state index in [4.69, 9.17) is 21.8 Å². The second kappa shape index (κ2) is 6.43. The van der Waals surface area contributed by atoms with E-state index >= 15 is 0 Å². The van der Waals surface area contributed by atoms with Crippen LogP contribution in [0.15, 0.2) is 22.7 Å². The summed E-state index contributed by atoms with van der Waals surface area (Å²) in [4.78, 5) is 2.09. The first-order valence-electron chi connectivity index (χ1n) is 6.73. The van der Waals surface area contributed by atoms with Crippen molar-refractivity contribution in [2.24, 2.45) is 5.73 Å². The van der Waals surface area contributed by atoms with E-state index in [9.17, 15) is 0 Å². The summed E-state index contributed by atoms with van der Waals surface area (Å²) in [7, 11) is 4.04. The lowest BCUT2D eigenvalue weighted by Gasteiger charge is -2.15. The zero-order chi connectivity index (χ0) is 14.7. The van der Waals surface area contributed by atoms with Crippen molar-refractivity contribution in [3.8, 4) is 0 Å². The Morgan fingerprint density at radius 1 is 1.45 bits per heavy atom. The van der Waals surface area contributed by atoms with Crippen molar-refractivity contribution in [1.29, 1.82) is 0 Å². The van der Waals surface area contributed by atoms with Crippen LogP contribution in [0.4, 0.5) is 0 Å². The molecule has 0 amide bonds. The van der Waals surface area contributed by atoms with Crippen LogP contribution in [0, 0.1) is 0 Å². The molecule has 0 fully saturated rings. The number of likely N-dealkylation sites (N-methyl/N-ethyl adjacent to an activating group) is 1. The highest BCUT2D eigenvalue weighted by atomic mass is 35.5. The Balaban J connectivity index is 2.24. The molecule has 5 nitrogen and oxygen atoms in total. The number of nitrogens with zero attached hydrogens (tertiary/aromatic N) is 3. The van der Waals surface area contributed by atoms with E-state index in [2.05, 4.69) is 10.00 Å². The van der Waals surface area contributed by atoms with Gasteiger partial charge in [0.2, 0.25) is 0 Å². The maximum Gasteiger partial charge on any atom is 0.127 e. The fourth-order valence-corrected chi connectivity index (χ4v) is 2.30. The lowest BCUT2D eigenvalue weighted by molar-refractivity contribution is 0.364. The van der Waals surface area contributed by atoms with Crippen molar-refractivity contribution in [2.45, 2.75) is 25.9 Å². The SMILES string of the molecule is CCc1ccc(C(N)c2c(Cl)cnn2CCN(C)C)o1. The van der Waals surface area contributed by atoms with Crippen LogP contribution in [0.1, 0.15) is 30.2 Å². The molecule has 2 rings (SSSR count). The molecule has 0 spiro atoms. The van der Waals surface area contributed by atoms with Gasteiger partial charge in [-0.05, 0) is 26.2 Å². The molecule has 2 aromatic rings. The molecule has 0 radical (unpaired) electrons. The summed E-state index contributed by atoms with van der Waals surface area (Å²) < 4.78 is 7.57. The summed E-state index contributed by atoms with van der Waals surface area (Å²) in [6, 6.07) is 3.46. The van der Waals surface area contributed by atoms with E-state index in [1.807, 2.05) is 37.8 Å². The molecule has 0 aliphatic rings. The predicted molar refractivity (Wildman–Crippen MR) is 79.9 cm³/mol. The molecule has 0 aliphatic heterocycles. The van der Waals surface area contributed by atoms with Crippen LogP contribution in [-0.4, -0.2) is 35.3 Å². The van der Waals surface area contributed by atoms with E-state index in [1.54, 1.807) is 6.20 Å². The van der Waals surface area contributed by atoms with Gasteiger partial charge in [-0.3, -0.25) is 4.68 Å². The number of rotatable bonds is 6. The topological polar surface area (TPSA) is 60.2 Å².